The highest BCUT2D eigenvalue weighted by Crippen LogP contribution is 2.30. The van der Waals surface area contributed by atoms with Crippen LogP contribution in [0.1, 0.15) is 13.8 Å². The Balaban J connectivity index is 3.44. The van der Waals surface area contributed by atoms with Gasteiger partial charge in [0.05, 0.1) is 4.47 Å². The average Bonchev–Trinajstić information content (AvgIpc) is 2.29. The van der Waals surface area contributed by atoms with Gasteiger partial charge in [-0.05, 0) is 41.9 Å². The second-order valence-corrected chi connectivity index (χ2v) is 7.29. The zero-order chi connectivity index (χ0) is 16.6. The van der Waals surface area contributed by atoms with Crippen molar-refractivity contribution < 1.29 is 26.0 Å². The Morgan fingerprint density at radius 2 is 1.86 bits per heavy atom. The summed E-state index contributed by atoms with van der Waals surface area (Å²) in [6, 6.07) is 0.912. The summed E-state index contributed by atoms with van der Waals surface area (Å²) in [5.74, 6) is -1.18. The van der Waals surface area contributed by atoms with E-state index in [1.807, 2.05) is 0 Å². The molecular weight excluding hydrogens is 380 g/mol. The first-order valence-corrected chi connectivity index (χ1v) is 7.92. The number of benzene rings is 1. The Labute approximate surface area is 128 Å². The molecule has 0 saturated carbocycles. The van der Waals surface area contributed by atoms with Gasteiger partial charge in [-0.1, -0.05) is 0 Å². The maximum absolute atomic E-state index is 13.9. The van der Waals surface area contributed by atoms with Crippen LogP contribution in [0.2, 0.25) is 0 Å². The summed E-state index contributed by atoms with van der Waals surface area (Å²) in [6.45, 7) is 0.823. The van der Waals surface area contributed by atoms with E-state index in [2.05, 4.69) is 15.9 Å². The molecule has 1 rings (SSSR count). The summed E-state index contributed by atoms with van der Waals surface area (Å²) >= 11 is 2.78. The first-order chi connectivity index (χ1) is 9.36. The summed E-state index contributed by atoms with van der Waals surface area (Å²) < 4.78 is 76.1. The molecule has 1 aromatic rings. The molecule has 0 unspecified atom stereocenters. The van der Waals surface area contributed by atoms with E-state index in [1.165, 1.54) is 13.8 Å². The Hall–Kier alpha value is -0.870. The van der Waals surface area contributed by atoms with Crippen LogP contribution in [0.3, 0.4) is 0 Å². The van der Waals surface area contributed by atoms with Crippen LogP contribution in [0.25, 0.3) is 0 Å². The molecule has 0 saturated heterocycles. The van der Waals surface area contributed by atoms with Gasteiger partial charge in [-0.15, -0.1) is 0 Å². The first kappa shape index (κ1) is 18.2. The maximum Gasteiger partial charge on any atom is 0.402 e. The smallest absolute Gasteiger partial charge is 0.399 e. The van der Waals surface area contributed by atoms with Crippen molar-refractivity contribution in [3.8, 4) is 0 Å². The van der Waals surface area contributed by atoms with Crippen molar-refractivity contribution in [3.63, 3.8) is 0 Å². The number of nitrogens with two attached hydrogens (primary N) is 1. The van der Waals surface area contributed by atoms with Crippen molar-refractivity contribution in [1.82, 2.24) is 4.31 Å². The predicted molar refractivity (Wildman–Crippen MR) is 73.6 cm³/mol. The molecular formula is C11H13BrF4N2O2S. The van der Waals surface area contributed by atoms with E-state index < -0.39 is 39.5 Å². The van der Waals surface area contributed by atoms with Crippen molar-refractivity contribution in [1.29, 1.82) is 0 Å². The first-order valence-electron chi connectivity index (χ1n) is 5.69. The highest BCUT2D eigenvalue weighted by molar-refractivity contribution is 9.10. The quantitative estimate of drug-likeness (QED) is 0.632. The van der Waals surface area contributed by atoms with E-state index in [4.69, 9.17) is 5.73 Å². The summed E-state index contributed by atoms with van der Waals surface area (Å²) in [7, 11) is -4.68. The van der Waals surface area contributed by atoms with Crippen molar-refractivity contribution in [2.75, 3.05) is 12.3 Å². The molecule has 0 aliphatic rings. The highest BCUT2D eigenvalue weighted by Gasteiger charge is 2.39. The predicted octanol–water partition coefficient (Wildman–Crippen LogP) is 3.13. The van der Waals surface area contributed by atoms with Crippen molar-refractivity contribution in [2.45, 2.75) is 31.0 Å². The molecule has 0 atom stereocenters. The fourth-order valence-corrected chi connectivity index (χ4v) is 3.97. The highest BCUT2D eigenvalue weighted by atomic mass is 79.9. The minimum Gasteiger partial charge on any atom is -0.399 e. The van der Waals surface area contributed by atoms with Crippen molar-refractivity contribution in [2.24, 2.45) is 0 Å². The van der Waals surface area contributed by atoms with Crippen LogP contribution in [0.5, 0.6) is 0 Å². The van der Waals surface area contributed by atoms with Crippen molar-refractivity contribution >= 4 is 31.6 Å². The molecule has 0 heterocycles. The van der Waals surface area contributed by atoms with Gasteiger partial charge in [0, 0.05) is 11.7 Å². The van der Waals surface area contributed by atoms with Gasteiger partial charge in [-0.25, -0.2) is 12.8 Å². The molecule has 0 aliphatic heterocycles. The number of halogens is 5. The van der Waals surface area contributed by atoms with Crippen molar-refractivity contribution in [3.05, 3.63) is 22.4 Å². The molecule has 1 aromatic carbocycles. The normalized spacial score (nSPS) is 13.2. The lowest BCUT2D eigenvalue weighted by Gasteiger charge is -2.27. The Morgan fingerprint density at radius 1 is 1.33 bits per heavy atom. The second kappa shape index (κ2) is 6.09. The minimum atomic E-state index is -4.74. The molecule has 0 fully saturated rings. The number of nitrogens with zero attached hydrogens (tertiary/aromatic N) is 1. The third-order valence-electron chi connectivity index (χ3n) is 2.51. The van der Waals surface area contributed by atoms with Crippen LogP contribution in [0.15, 0.2) is 21.5 Å². The zero-order valence-electron chi connectivity index (χ0n) is 11.1. The lowest BCUT2D eigenvalue weighted by atomic mass is 10.3. The minimum absolute atomic E-state index is 0.0856. The molecule has 120 valence electrons. The molecule has 0 aromatic heterocycles. The van der Waals surface area contributed by atoms with Gasteiger partial charge in [-0.3, -0.25) is 0 Å². The number of nitrogen functional groups attached to an aromatic ring is 1. The summed E-state index contributed by atoms with van der Waals surface area (Å²) in [6.07, 6.45) is -4.74. The van der Waals surface area contributed by atoms with Gasteiger partial charge >= 0.3 is 6.18 Å². The van der Waals surface area contributed by atoms with Crippen LogP contribution in [-0.4, -0.2) is 31.5 Å². The SMILES string of the molecule is CC(C)N(CC(F)(F)F)S(=O)(=O)c1cc(N)cc(Br)c1F. The fourth-order valence-electron chi connectivity index (χ4n) is 1.62. The van der Waals surface area contributed by atoms with Gasteiger partial charge in [0.2, 0.25) is 10.0 Å². The lowest BCUT2D eigenvalue weighted by molar-refractivity contribution is -0.138. The van der Waals surface area contributed by atoms with Gasteiger partial charge < -0.3 is 5.73 Å². The Kier molecular flexibility index (Phi) is 5.27. The molecule has 0 radical (unpaired) electrons. The van der Waals surface area contributed by atoms with E-state index in [9.17, 15) is 26.0 Å². The van der Waals surface area contributed by atoms with Gasteiger partial charge in [0.15, 0.2) is 5.82 Å². The maximum atomic E-state index is 13.9. The summed E-state index contributed by atoms with van der Waals surface area (Å²) in [5, 5.41) is 0. The topological polar surface area (TPSA) is 63.4 Å². The molecule has 0 bridgehead atoms. The van der Waals surface area contributed by atoms with Crippen LogP contribution >= 0.6 is 15.9 Å². The Bertz CT molecular complexity index is 632. The zero-order valence-corrected chi connectivity index (χ0v) is 13.5. The summed E-state index contributed by atoms with van der Waals surface area (Å²) in [4.78, 5) is -0.896. The van der Waals surface area contributed by atoms with E-state index in [0.29, 0.717) is 0 Å². The molecule has 0 amide bonds. The standard InChI is InChI=1S/C11H13BrF4N2O2S/c1-6(2)18(5-11(14,15)16)21(19,20)9-4-7(17)3-8(12)10(9)13/h3-4,6H,5,17H2,1-2H3. The Morgan fingerprint density at radius 3 is 2.29 bits per heavy atom. The second-order valence-electron chi connectivity index (χ2n) is 4.57. The van der Waals surface area contributed by atoms with E-state index >= 15 is 0 Å². The van der Waals surface area contributed by atoms with Gasteiger partial charge in [0.1, 0.15) is 11.4 Å². The van der Waals surface area contributed by atoms with Crippen LogP contribution in [0, 0.1) is 5.82 Å². The average molecular weight is 393 g/mol. The lowest BCUT2D eigenvalue weighted by Crippen LogP contribution is -2.43. The number of alkyl halides is 3. The van der Waals surface area contributed by atoms with Crippen LogP contribution < -0.4 is 5.73 Å². The van der Waals surface area contributed by atoms with Gasteiger partial charge in [-0.2, -0.15) is 17.5 Å². The number of anilines is 1. The fraction of sp³-hybridized carbons (Fsp3) is 0.455. The molecule has 4 nitrogen and oxygen atoms in total. The largest absolute Gasteiger partial charge is 0.402 e. The molecule has 10 heteroatoms. The van der Waals surface area contributed by atoms with Crippen LogP contribution in [0.4, 0.5) is 23.2 Å². The number of hydrogen-bond acceptors (Lipinski definition) is 3. The van der Waals surface area contributed by atoms with Crippen LogP contribution in [-0.2, 0) is 10.0 Å². The monoisotopic (exact) mass is 392 g/mol. The van der Waals surface area contributed by atoms with E-state index in [-0.39, 0.29) is 14.5 Å². The molecule has 21 heavy (non-hydrogen) atoms. The third kappa shape index (κ3) is 4.30. The third-order valence-corrected chi connectivity index (χ3v) is 5.11. The number of sulfonamides is 1. The number of rotatable bonds is 4. The summed E-state index contributed by atoms with van der Waals surface area (Å²) in [5.41, 5.74) is 5.34. The van der Waals surface area contributed by atoms with E-state index in [1.54, 1.807) is 0 Å². The number of hydrogen-bond donors (Lipinski definition) is 1. The molecule has 0 spiro atoms. The van der Waals surface area contributed by atoms with E-state index in [0.717, 1.165) is 12.1 Å². The molecule has 0 aliphatic carbocycles. The molecule has 2 N–H and O–H groups in total. The van der Waals surface area contributed by atoms with Gasteiger partial charge in [0.25, 0.3) is 0 Å².